The van der Waals surface area contributed by atoms with Crippen LogP contribution in [0.4, 0.5) is 10.1 Å². The lowest BCUT2D eigenvalue weighted by molar-refractivity contribution is -0.121. The number of rotatable bonds is 5. The molecule has 0 aromatic heterocycles. The predicted octanol–water partition coefficient (Wildman–Crippen LogP) is 1.40. The summed E-state index contributed by atoms with van der Waals surface area (Å²) in [7, 11) is 1.51. The van der Waals surface area contributed by atoms with Crippen molar-refractivity contribution in [3.63, 3.8) is 0 Å². The average Bonchev–Trinajstić information content (AvgIpc) is 2.94. The van der Waals surface area contributed by atoms with Gasteiger partial charge in [-0.15, -0.1) is 0 Å². The van der Waals surface area contributed by atoms with E-state index >= 15 is 0 Å². The normalized spacial score (nSPS) is 16.7. The maximum Gasteiger partial charge on any atom is 0.265 e. The number of hydrogen-bond acceptors (Lipinski definition) is 5. The van der Waals surface area contributed by atoms with E-state index in [-0.39, 0.29) is 12.1 Å². The summed E-state index contributed by atoms with van der Waals surface area (Å²) < 4.78 is 18.9. The number of nitrogens with zero attached hydrogens (tertiary/aromatic N) is 1. The monoisotopic (exact) mass is 357 g/mol. The van der Waals surface area contributed by atoms with Crippen LogP contribution in [0.2, 0.25) is 0 Å². The van der Waals surface area contributed by atoms with Gasteiger partial charge >= 0.3 is 0 Å². The first-order valence-corrected chi connectivity index (χ1v) is 7.82. The van der Waals surface area contributed by atoms with Gasteiger partial charge in [-0.05, 0) is 36.4 Å². The summed E-state index contributed by atoms with van der Waals surface area (Å²) in [4.78, 5) is 37.4. The summed E-state index contributed by atoms with van der Waals surface area (Å²) in [5.74, 6) is -1.72. The maximum absolute atomic E-state index is 13.9. The van der Waals surface area contributed by atoms with Crippen molar-refractivity contribution in [2.24, 2.45) is 0 Å². The number of benzene rings is 2. The summed E-state index contributed by atoms with van der Waals surface area (Å²) >= 11 is 0. The highest BCUT2D eigenvalue weighted by atomic mass is 19.1. The van der Waals surface area contributed by atoms with E-state index in [1.54, 1.807) is 24.3 Å². The molecule has 7 nitrogen and oxygen atoms in total. The van der Waals surface area contributed by atoms with Gasteiger partial charge in [0.25, 0.3) is 11.8 Å². The van der Waals surface area contributed by atoms with Crippen molar-refractivity contribution in [1.29, 1.82) is 0 Å². The molecule has 1 unspecified atom stereocenters. The van der Waals surface area contributed by atoms with Crippen molar-refractivity contribution in [2.45, 2.75) is 12.5 Å². The largest absolute Gasteiger partial charge is 0.497 e. The van der Waals surface area contributed by atoms with Crippen LogP contribution in [0.5, 0.6) is 5.75 Å². The first-order valence-electron chi connectivity index (χ1n) is 7.82. The Balaban J connectivity index is 1.65. The fourth-order valence-electron chi connectivity index (χ4n) is 2.60. The van der Waals surface area contributed by atoms with Crippen LogP contribution in [-0.4, -0.2) is 30.9 Å². The molecule has 134 valence electrons. The van der Waals surface area contributed by atoms with Gasteiger partial charge in [0.15, 0.2) is 0 Å². The Morgan fingerprint density at radius 2 is 1.85 bits per heavy atom. The number of carbonyl (C=O) groups excluding carboxylic acids is 3. The Morgan fingerprint density at radius 1 is 1.15 bits per heavy atom. The number of amides is 3. The quantitative estimate of drug-likeness (QED) is 0.624. The highest BCUT2D eigenvalue weighted by Gasteiger charge is 2.40. The molecule has 0 bridgehead atoms. The first kappa shape index (κ1) is 17.6. The molecule has 2 aromatic rings. The lowest BCUT2D eigenvalue weighted by atomic mass is 10.2. The third-order valence-corrected chi connectivity index (χ3v) is 3.95. The number of carbonyl (C=O) groups is 3. The minimum atomic E-state index is -0.968. The molecule has 2 N–H and O–H groups in total. The fourth-order valence-corrected chi connectivity index (χ4v) is 2.60. The molecule has 2 aromatic carbocycles. The highest BCUT2D eigenvalue weighted by Crippen LogP contribution is 2.25. The third kappa shape index (κ3) is 3.40. The van der Waals surface area contributed by atoms with Gasteiger partial charge in [0.05, 0.1) is 19.2 Å². The molecule has 3 amide bonds. The van der Waals surface area contributed by atoms with Gasteiger partial charge in [0.1, 0.15) is 17.6 Å². The molecule has 0 saturated carbocycles. The van der Waals surface area contributed by atoms with Gasteiger partial charge in [-0.2, -0.15) is 0 Å². The van der Waals surface area contributed by atoms with E-state index in [9.17, 15) is 18.8 Å². The second-order valence-electron chi connectivity index (χ2n) is 5.60. The molecular formula is C18H16FN3O4. The summed E-state index contributed by atoms with van der Waals surface area (Å²) in [5.41, 5.74) is 5.18. The van der Waals surface area contributed by atoms with Crippen LogP contribution >= 0.6 is 0 Å². The molecule has 0 spiro atoms. The van der Waals surface area contributed by atoms with Crippen molar-refractivity contribution in [3.8, 4) is 5.75 Å². The Hall–Kier alpha value is -3.26. The van der Waals surface area contributed by atoms with Gasteiger partial charge < -0.3 is 4.74 Å². The SMILES string of the molecule is COc1ccc(C(=O)NNC2CC(=O)N(c3ccccc3F)C2=O)cc1. The van der Waals surface area contributed by atoms with Gasteiger partial charge in [-0.1, -0.05) is 12.1 Å². The highest BCUT2D eigenvalue weighted by molar-refractivity contribution is 6.22. The van der Waals surface area contributed by atoms with E-state index < -0.39 is 29.6 Å². The van der Waals surface area contributed by atoms with Crippen LogP contribution in [0.1, 0.15) is 16.8 Å². The lowest BCUT2D eigenvalue weighted by Crippen LogP contribution is -2.48. The summed E-state index contributed by atoms with van der Waals surface area (Å²) in [5, 5.41) is 0. The number of hydrazine groups is 1. The minimum Gasteiger partial charge on any atom is -0.497 e. The molecule has 0 aliphatic carbocycles. The number of anilines is 1. The first-order chi connectivity index (χ1) is 12.5. The van der Waals surface area contributed by atoms with Gasteiger partial charge in [0.2, 0.25) is 5.91 Å². The van der Waals surface area contributed by atoms with Crippen LogP contribution in [0.15, 0.2) is 48.5 Å². The third-order valence-electron chi connectivity index (χ3n) is 3.95. The van der Waals surface area contributed by atoms with Gasteiger partial charge in [-0.25, -0.2) is 14.7 Å². The molecule has 0 radical (unpaired) electrons. The fraction of sp³-hybridized carbons (Fsp3) is 0.167. The van der Waals surface area contributed by atoms with E-state index in [0.717, 1.165) is 4.90 Å². The Bertz CT molecular complexity index is 854. The van der Waals surface area contributed by atoms with Crippen molar-refractivity contribution < 1.29 is 23.5 Å². The second kappa shape index (κ2) is 7.32. The smallest absolute Gasteiger partial charge is 0.265 e. The van der Waals surface area contributed by atoms with E-state index in [0.29, 0.717) is 11.3 Å². The van der Waals surface area contributed by atoms with Crippen molar-refractivity contribution in [3.05, 3.63) is 59.9 Å². The second-order valence-corrected chi connectivity index (χ2v) is 5.60. The van der Waals surface area contributed by atoms with Crippen molar-refractivity contribution in [1.82, 2.24) is 10.9 Å². The summed E-state index contributed by atoms with van der Waals surface area (Å²) in [6, 6.07) is 10.9. The standard InChI is InChI=1S/C18H16FN3O4/c1-26-12-8-6-11(7-9-12)17(24)21-20-14-10-16(23)22(18(14)25)15-5-3-2-4-13(15)19/h2-9,14,20H,10H2,1H3,(H,21,24). The Morgan fingerprint density at radius 3 is 2.50 bits per heavy atom. The zero-order chi connectivity index (χ0) is 18.7. The molecule has 1 atom stereocenters. The zero-order valence-corrected chi connectivity index (χ0v) is 13.9. The number of methoxy groups -OCH3 is 1. The van der Waals surface area contributed by atoms with Crippen molar-refractivity contribution >= 4 is 23.4 Å². The number of imide groups is 1. The molecular weight excluding hydrogens is 341 g/mol. The molecule has 8 heteroatoms. The van der Waals surface area contributed by atoms with E-state index in [1.165, 1.54) is 31.4 Å². The average molecular weight is 357 g/mol. The van der Waals surface area contributed by atoms with Gasteiger partial charge in [0, 0.05) is 5.56 Å². The maximum atomic E-state index is 13.9. The number of nitrogens with one attached hydrogen (secondary N) is 2. The minimum absolute atomic E-state index is 0.103. The topological polar surface area (TPSA) is 87.7 Å². The van der Waals surface area contributed by atoms with E-state index in [4.69, 9.17) is 4.74 Å². The molecule has 1 aliphatic heterocycles. The summed E-state index contributed by atoms with van der Waals surface area (Å²) in [6.45, 7) is 0. The molecule has 1 fully saturated rings. The zero-order valence-electron chi connectivity index (χ0n) is 13.9. The van der Waals surface area contributed by atoms with Crippen LogP contribution in [-0.2, 0) is 9.59 Å². The number of para-hydroxylation sites is 1. The molecule has 1 saturated heterocycles. The predicted molar refractivity (Wildman–Crippen MR) is 90.9 cm³/mol. The molecule has 1 heterocycles. The van der Waals surface area contributed by atoms with E-state index in [1.807, 2.05) is 0 Å². The molecule has 1 aliphatic rings. The summed E-state index contributed by atoms with van der Waals surface area (Å²) in [6.07, 6.45) is -0.184. The van der Waals surface area contributed by atoms with E-state index in [2.05, 4.69) is 10.9 Å². The van der Waals surface area contributed by atoms with Crippen LogP contribution in [0, 0.1) is 5.82 Å². The molecule has 26 heavy (non-hydrogen) atoms. The Kier molecular flexibility index (Phi) is 4.94. The lowest BCUT2D eigenvalue weighted by Gasteiger charge is -2.16. The van der Waals surface area contributed by atoms with Crippen LogP contribution in [0.3, 0.4) is 0 Å². The Labute approximate surface area is 148 Å². The van der Waals surface area contributed by atoms with Gasteiger partial charge in [-0.3, -0.25) is 19.8 Å². The van der Waals surface area contributed by atoms with Crippen molar-refractivity contribution in [2.75, 3.05) is 12.0 Å². The van der Waals surface area contributed by atoms with Crippen LogP contribution < -0.4 is 20.5 Å². The number of halogens is 1. The van der Waals surface area contributed by atoms with Crippen LogP contribution in [0.25, 0.3) is 0 Å². The molecule has 3 rings (SSSR count). The number of ether oxygens (including phenoxy) is 1. The number of hydrogen-bond donors (Lipinski definition) is 2.